The van der Waals surface area contributed by atoms with E-state index in [-0.39, 0.29) is 34.1 Å². The summed E-state index contributed by atoms with van der Waals surface area (Å²) in [5, 5.41) is 16.5. The predicted molar refractivity (Wildman–Crippen MR) is 133 cm³/mol. The molecule has 0 aromatic heterocycles. The number of hydrogen-bond acceptors (Lipinski definition) is 7. The SMILES string of the molecule is COCCNC(=O)c1ccccc1NC(=O)CN(c1cccc([N+](=O)[O-])c1)S(=O)(=O)c1ccccc1. The molecule has 36 heavy (non-hydrogen) atoms. The number of amides is 2. The number of rotatable bonds is 11. The van der Waals surface area contributed by atoms with Gasteiger partial charge in [0.25, 0.3) is 21.6 Å². The number of non-ortho nitro benzene ring substituents is 1. The van der Waals surface area contributed by atoms with E-state index in [4.69, 9.17) is 4.74 Å². The Labute approximate surface area is 207 Å². The molecule has 0 aliphatic carbocycles. The number of nitrogens with zero attached hydrogens (tertiary/aromatic N) is 2. The summed E-state index contributed by atoms with van der Waals surface area (Å²) in [6, 6.07) is 18.6. The molecule has 188 valence electrons. The quantitative estimate of drug-likeness (QED) is 0.228. The summed E-state index contributed by atoms with van der Waals surface area (Å²) < 4.78 is 32.5. The molecule has 0 aliphatic heterocycles. The van der Waals surface area contributed by atoms with Crippen LogP contribution in [0.1, 0.15) is 10.4 Å². The molecule has 0 radical (unpaired) electrons. The average molecular weight is 513 g/mol. The van der Waals surface area contributed by atoms with Crippen LogP contribution in [0.5, 0.6) is 0 Å². The van der Waals surface area contributed by atoms with Crippen LogP contribution in [0.4, 0.5) is 17.1 Å². The highest BCUT2D eigenvalue weighted by Crippen LogP contribution is 2.27. The van der Waals surface area contributed by atoms with Gasteiger partial charge in [-0.15, -0.1) is 0 Å². The van der Waals surface area contributed by atoms with Crippen LogP contribution in [0, 0.1) is 10.1 Å². The highest BCUT2D eigenvalue weighted by molar-refractivity contribution is 7.92. The minimum absolute atomic E-state index is 0.0613. The highest BCUT2D eigenvalue weighted by Gasteiger charge is 2.28. The van der Waals surface area contributed by atoms with Gasteiger partial charge in [-0.25, -0.2) is 8.42 Å². The molecule has 11 nitrogen and oxygen atoms in total. The number of nitrogens with one attached hydrogen (secondary N) is 2. The molecule has 0 atom stereocenters. The summed E-state index contributed by atoms with van der Waals surface area (Å²) in [6.07, 6.45) is 0. The van der Waals surface area contributed by atoms with Crippen LogP contribution in [0.25, 0.3) is 0 Å². The Morgan fingerprint density at radius 1 is 1.00 bits per heavy atom. The van der Waals surface area contributed by atoms with E-state index in [0.29, 0.717) is 6.61 Å². The lowest BCUT2D eigenvalue weighted by molar-refractivity contribution is -0.384. The van der Waals surface area contributed by atoms with Crippen LogP contribution < -0.4 is 14.9 Å². The normalized spacial score (nSPS) is 10.9. The second-order valence-corrected chi connectivity index (χ2v) is 9.31. The lowest BCUT2D eigenvalue weighted by Crippen LogP contribution is -2.38. The van der Waals surface area contributed by atoms with E-state index in [9.17, 15) is 28.1 Å². The number of nitro groups is 1. The van der Waals surface area contributed by atoms with Crippen molar-refractivity contribution in [2.24, 2.45) is 0 Å². The van der Waals surface area contributed by atoms with Gasteiger partial charge in [0.15, 0.2) is 0 Å². The Morgan fingerprint density at radius 2 is 1.69 bits per heavy atom. The van der Waals surface area contributed by atoms with Crippen LogP contribution in [0.3, 0.4) is 0 Å². The summed E-state index contributed by atoms with van der Waals surface area (Å²) in [4.78, 5) is 36.1. The van der Waals surface area contributed by atoms with Crippen molar-refractivity contribution < 1.29 is 27.7 Å². The van der Waals surface area contributed by atoms with Crippen LogP contribution in [-0.4, -0.2) is 52.0 Å². The molecule has 0 heterocycles. The summed E-state index contributed by atoms with van der Waals surface area (Å²) in [5.41, 5.74) is -0.0451. The number of carbonyl (C=O) groups excluding carboxylic acids is 2. The van der Waals surface area contributed by atoms with Crippen molar-refractivity contribution in [1.29, 1.82) is 0 Å². The molecule has 3 aromatic rings. The van der Waals surface area contributed by atoms with Gasteiger partial charge < -0.3 is 15.4 Å². The summed E-state index contributed by atoms with van der Waals surface area (Å²) in [7, 11) is -2.77. The Hall–Kier alpha value is -4.29. The first kappa shape index (κ1) is 26.3. The minimum Gasteiger partial charge on any atom is -0.383 e. The molecular weight excluding hydrogens is 488 g/mol. The number of methoxy groups -OCH3 is 1. The topological polar surface area (TPSA) is 148 Å². The summed E-state index contributed by atoms with van der Waals surface area (Å²) in [5.74, 6) is -1.20. The zero-order valence-electron chi connectivity index (χ0n) is 19.3. The fraction of sp³-hybridized carbons (Fsp3) is 0.167. The molecule has 0 fully saturated rings. The maximum absolute atomic E-state index is 13.4. The number of hydrogen-bond donors (Lipinski definition) is 2. The third-order valence-corrected chi connectivity index (χ3v) is 6.77. The van der Waals surface area contributed by atoms with Gasteiger partial charge in [0.05, 0.1) is 33.4 Å². The number of carbonyl (C=O) groups is 2. The monoisotopic (exact) mass is 512 g/mol. The van der Waals surface area contributed by atoms with Crippen LogP contribution >= 0.6 is 0 Å². The largest absolute Gasteiger partial charge is 0.383 e. The van der Waals surface area contributed by atoms with Gasteiger partial charge in [0.2, 0.25) is 5.91 Å². The Morgan fingerprint density at radius 3 is 2.39 bits per heavy atom. The highest BCUT2D eigenvalue weighted by atomic mass is 32.2. The van der Waals surface area contributed by atoms with Crippen molar-refractivity contribution >= 4 is 38.9 Å². The van der Waals surface area contributed by atoms with Crippen molar-refractivity contribution in [3.63, 3.8) is 0 Å². The van der Waals surface area contributed by atoms with E-state index in [1.165, 1.54) is 61.7 Å². The molecule has 0 spiro atoms. The molecule has 3 rings (SSSR count). The molecular formula is C24H24N4O7S. The zero-order chi connectivity index (χ0) is 26.1. The van der Waals surface area contributed by atoms with Gasteiger partial charge in [-0.1, -0.05) is 36.4 Å². The summed E-state index contributed by atoms with van der Waals surface area (Å²) in [6.45, 7) is -0.138. The third kappa shape index (κ3) is 6.43. The number of nitro benzene ring substituents is 1. The average Bonchev–Trinajstić information content (AvgIpc) is 2.88. The van der Waals surface area contributed by atoms with Gasteiger partial charge in [-0.05, 0) is 30.3 Å². The van der Waals surface area contributed by atoms with E-state index in [1.54, 1.807) is 18.2 Å². The lowest BCUT2D eigenvalue weighted by Gasteiger charge is -2.24. The molecule has 2 N–H and O–H groups in total. The zero-order valence-corrected chi connectivity index (χ0v) is 20.1. The second kappa shape index (κ2) is 11.9. The van der Waals surface area contributed by atoms with Crippen LogP contribution in [-0.2, 0) is 19.6 Å². The van der Waals surface area contributed by atoms with Crippen LogP contribution in [0.15, 0.2) is 83.8 Å². The minimum atomic E-state index is -4.27. The van der Waals surface area contributed by atoms with E-state index < -0.39 is 33.3 Å². The predicted octanol–water partition coefficient (Wildman–Crippen LogP) is 2.81. The summed E-state index contributed by atoms with van der Waals surface area (Å²) >= 11 is 0. The van der Waals surface area contributed by atoms with E-state index in [0.717, 1.165) is 10.4 Å². The van der Waals surface area contributed by atoms with E-state index >= 15 is 0 Å². The molecule has 0 aliphatic rings. The third-order valence-electron chi connectivity index (χ3n) is 4.98. The van der Waals surface area contributed by atoms with E-state index in [2.05, 4.69) is 10.6 Å². The fourth-order valence-electron chi connectivity index (χ4n) is 3.27. The Kier molecular flexibility index (Phi) is 8.71. The first-order chi connectivity index (χ1) is 17.2. The molecule has 0 saturated carbocycles. The lowest BCUT2D eigenvalue weighted by atomic mass is 10.1. The maximum Gasteiger partial charge on any atom is 0.271 e. The van der Waals surface area contributed by atoms with Gasteiger partial charge in [0, 0.05) is 25.8 Å². The van der Waals surface area contributed by atoms with Crippen molar-refractivity contribution in [3.05, 3.63) is 94.5 Å². The molecule has 0 saturated heterocycles. The first-order valence-electron chi connectivity index (χ1n) is 10.7. The van der Waals surface area contributed by atoms with Crippen LogP contribution in [0.2, 0.25) is 0 Å². The number of anilines is 2. The Balaban J connectivity index is 1.92. The van der Waals surface area contributed by atoms with Gasteiger partial charge in [-0.2, -0.15) is 0 Å². The molecule has 3 aromatic carbocycles. The molecule has 2 amide bonds. The van der Waals surface area contributed by atoms with Gasteiger partial charge >= 0.3 is 0 Å². The molecule has 12 heteroatoms. The number of sulfonamides is 1. The maximum atomic E-state index is 13.4. The second-order valence-electron chi connectivity index (χ2n) is 7.44. The smallest absolute Gasteiger partial charge is 0.271 e. The Bertz CT molecular complexity index is 1350. The van der Waals surface area contributed by atoms with Crippen molar-refractivity contribution in [2.45, 2.75) is 4.90 Å². The van der Waals surface area contributed by atoms with Gasteiger partial charge in [0.1, 0.15) is 6.54 Å². The number of benzene rings is 3. The number of ether oxygens (including phenoxy) is 1. The van der Waals surface area contributed by atoms with Crippen molar-refractivity contribution in [3.8, 4) is 0 Å². The fourth-order valence-corrected chi connectivity index (χ4v) is 4.70. The van der Waals surface area contributed by atoms with Crippen molar-refractivity contribution in [2.75, 3.05) is 36.4 Å². The first-order valence-corrected chi connectivity index (χ1v) is 12.2. The van der Waals surface area contributed by atoms with Gasteiger partial charge in [-0.3, -0.25) is 24.0 Å². The van der Waals surface area contributed by atoms with E-state index in [1.807, 2.05) is 0 Å². The van der Waals surface area contributed by atoms with Crippen molar-refractivity contribution in [1.82, 2.24) is 5.32 Å². The molecule has 0 unspecified atom stereocenters. The standard InChI is InChI=1S/C24H24N4O7S/c1-35-15-14-25-24(30)21-12-5-6-13-22(21)26-23(29)17-27(18-8-7-9-19(16-18)28(31)32)36(33,34)20-10-3-2-4-11-20/h2-13,16H,14-15,17H2,1H3,(H,25,30)(H,26,29). The number of para-hydroxylation sites is 1. The molecule has 0 bridgehead atoms.